The number of imidazole rings is 1. The smallest absolute Gasteiger partial charge is 0.326 e. The van der Waals surface area contributed by atoms with Gasteiger partial charge in [0.15, 0.2) is 0 Å². The van der Waals surface area contributed by atoms with E-state index in [2.05, 4.69) is 25.9 Å². The van der Waals surface area contributed by atoms with Crippen LogP contribution in [0.5, 0.6) is 0 Å². The summed E-state index contributed by atoms with van der Waals surface area (Å²) >= 11 is 0. The van der Waals surface area contributed by atoms with Crippen LogP contribution in [0.15, 0.2) is 12.5 Å². The van der Waals surface area contributed by atoms with E-state index in [4.69, 9.17) is 5.11 Å². The molecule has 13 nitrogen and oxygen atoms in total. The minimum absolute atomic E-state index is 0.138. The molecule has 3 amide bonds. The second-order valence-corrected chi connectivity index (χ2v) is 8.18. The van der Waals surface area contributed by atoms with Crippen LogP contribution in [0.4, 0.5) is 0 Å². The molecule has 3 rings (SSSR count). The molecular weight excluding hydrogens is 436 g/mol. The molecule has 1 aromatic heterocycles. The summed E-state index contributed by atoms with van der Waals surface area (Å²) in [5, 5.41) is 26.2. The number of likely N-dealkylation sites (tertiary alicyclic amines) is 1. The second kappa shape index (κ2) is 10.9. The van der Waals surface area contributed by atoms with Gasteiger partial charge in [0.1, 0.15) is 18.1 Å². The van der Waals surface area contributed by atoms with Crippen LogP contribution in [0.1, 0.15) is 37.8 Å². The Bertz CT molecular complexity index is 883. The molecule has 0 aliphatic carbocycles. The van der Waals surface area contributed by atoms with Crippen molar-refractivity contribution in [3.63, 3.8) is 0 Å². The van der Waals surface area contributed by atoms with Crippen molar-refractivity contribution in [1.82, 2.24) is 30.8 Å². The average Bonchev–Trinajstić information content (AvgIpc) is 3.54. The SMILES string of the molecule is O=C(O)CC(NC(=O)C1CCCN1C(=O)C(Cc1cnc[nH]1)NC(=O)C1CCCN1)C(=O)O. The van der Waals surface area contributed by atoms with Gasteiger partial charge in [-0.1, -0.05) is 0 Å². The minimum Gasteiger partial charge on any atom is -0.481 e. The van der Waals surface area contributed by atoms with Crippen LogP contribution in [-0.4, -0.2) is 92.0 Å². The molecule has 0 spiro atoms. The molecule has 2 fully saturated rings. The number of aliphatic carboxylic acids is 2. The number of carbonyl (C=O) groups is 5. The first-order chi connectivity index (χ1) is 15.8. The third-order valence-electron chi connectivity index (χ3n) is 5.80. The Morgan fingerprint density at radius 1 is 1.09 bits per heavy atom. The van der Waals surface area contributed by atoms with Crippen LogP contribution < -0.4 is 16.0 Å². The zero-order valence-electron chi connectivity index (χ0n) is 18.0. The van der Waals surface area contributed by atoms with Gasteiger partial charge in [0, 0.05) is 24.9 Å². The molecule has 0 aromatic carbocycles. The summed E-state index contributed by atoms with van der Waals surface area (Å²) in [6.07, 6.45) is 4.67. The fourth-order valence-electron chi connectivity index (χ4n) is 4.14. The predicted octanol–water partition coefficient (Wildman–Crippen LogP) is -1.78. The van der Waals surface area contributed by atoms with E-state index < -0.39 is 54.3 Å². The summed E-state index contributed by atoms with van der Waals surface area (Å²) in [5.74, 6) is -4.37. The van der Waals surface area contributed by atoms with Gasteiger partial charge in [0.2, 0.25) is 17.7 Å². The van der Waals surface area contributed by atoms with Crippen molar-refractivity contribution >= 4 is 29.7 Å². The number of aromatic amines is 1. The average molecular weight is 464 g/mol. The molecule has 4 unspecified atom stereocenters. The van der Waals surface area contributed by atoms with E-state index >= 15 is 0 Å². The molecule has 2 aliphatic heterocycles. The molecule has 0 saturated carbocycles. The number of carboxylic acids is 2. The van der Waals surface area contributed by atoms with Crippen LogP contribution in [0.25, 0.3) is 0 Å². The quantitative estimate of drug-likeness (QED) is 0.232. The second-order valence-electron chi connectivity index (χ2n) is 8.18. The van der Waals surface area contributed by atoms with Gasteiger partial charge in [-0.05, 0) is 32.2 Å². The number of rotatable bonds is 10. The standard InChI is InChI=1S/C20H28N6O7/c27-16(28)8-14(20(32)33)25-18(30)15-4-2-6-26(15)19(31)13(7-11-9-21-10-23-11)24-17(29)12-3-1-5-22-12/h9-10,12-15,22H,1-8H2,(H,21,23)(H,24,29)(H,25,30)(H,27,28)(H,32,33). The molecule has 33 heavy (non-hydrogen) atoms. The Morgan fingerprint density at radius 3 is 2.45 bits per heavy atom. The summed E-state index contributed by atoms with van der Waals surface area (Å²) in [6.45, 7) is 0.970. The first kappa shape index (κ1) is 24.2. The highest BCUT2D eigenvalue weighted by Gasteiger charge is 2.39. The number of carboxylic acid groups (broad SMARTS) is 2. The van der Waals surface area contributed by atoms with Crippen molar-refractivity contribution in [2.45, 2.75) is 62.7 Å². The molecule has 180 valence electrons. The number of aromatic nitrogens is 2. The number of carbonyl (C=O) groups excluding carboxylic acids is 3. The van der Waals surface area contributed by atoms with E-state index in [-0.39, 0.29) is 18.9 Å². The predicted molar refractivity (Wildman–Crippen MR) is 112 cm³/mol. The number of amides is 3. The maximum absolute atomic E-state index is 13.4. The van der Waals surface area contributed by atoms with E-state index in [0.29, 0.717) is 31.5 Å². The third-order valence-corrected chi connectivity index (χ3v) is 5.80. The van der Waals surface area contributed by atoms with Crippen LogP contribution in [0.3, 0.4) is 0 Å². The van der Waals surface area contributed by atoms with Gasteiger partial charge in [0.05, 0.1) is 18.8 Å². The van der Waals surface area contributed by atoms with Gasteiger partial charge in [-0.2, -0.15) is 0 Å². The Kier molecular flexibility index (Phi) is 7.98. The van der Waals surface area contributed by atoms with Crippen LogP contribution >= 0.6 is 0 Å². The Morgan fingerprint density at radius 2 is 1.85 bits per heavy atom. The number of nitrogens with zero attached hydrogens (tertiary/aromatic N) is 2. The number of hydrogen-bond acceptors (Lipinski definition) is 7. The lowest BCUT2D eigenvalue weighted by Crippen LogP contribution is -2.57. The fourth-order valence-corrected chi connectivity index (χ4v) is 4.14. The van der Waals surface area contributed by atoms with Crippen LogP contribution in [-0.2, 0) is 30.4 Å². The summed E-state index contributed by atoms with van der Waals surface area (Å²) in [5.41, 5.74) is 0.626. The first-order valence-corrected chi connectivity index (χ1v) is 10.8. The zero-order valence-corrected chi connectivity index (χ0v) is 18.0. The van der Waals surface area contributed by atoms with Gasteiger partial charge >= 0.3 is 11.9 Å². The number of hydrogen-bond donors (Lipinski definition) is 6. The maximum Gasteiger partial charge on any atom is 0.326 e. The van der Waals surface area contributed by atoms with Gasteiger partial charge < -0.3 is 36.0 Å². The van der Waals surface area contributed by atoms with Gasteiger partial charge in [0.25, 0.3) is 0 Å². The maximum atomic E-state index is 13.4. The lowest BCUT2D eigenvalue weighted by Gasteiger charge is -2.29. The van der Waals surface area contributed by atoms with E-state index in [9.17, 15) is 29.1 Å². The Hall–Kier alpha value is -3.48. The van der Waals surface area contributed by atoms with Crippen molar-refractivity contribution < 1.29 is 34.2 Å². The molecule has 0 radical (unpaired) electrons. The fraction of sp³-hybridized carbons (Fsp3) is 0.600. The van der Waals surface area contributed by atoms with Crippen LogP contribution in [0.2, 0.25) is 0 Å². The molecular formula is C20H28N6O7. The van der Waals surface area contributed by atoms with E-state index in [1.54, 1.807) is 0 Å². The molecule has 13 heteroatoms. The third kappa shape index (κ3) is 6.28. The number of nitrogens with one attached hydrogen (secondary N) is 4. The molecule has 1 aromatic rings. The van der Waals surface area contributed by atoms with Crippen molar-refractivity contribution in [3.8, 4) is 0 Å². The van der Waals surface area contributed by atoms with Gasteiger partial charge in [-0.25, -0.2) is 9.78 Å². The highest BCUT2D eigenvalue weighted by molar-refractivity contribution is 5.95. The van der Waals surface area contributed by atoms with Crippen LogP contribution in [0, 0.1) is 0 Å². The highest BCUT2D eigenvalue weighted by atomic mass is 16.4. The van der Waals surface area contributed by atoms with Crippen molar-refractivity contribution in [3.05, 3.63) is 18.2 Å². The topological polar surface area (TPSA) is 194 Å². The van der Waals surface area contributed by atoms with E-state index in [1.165, 1.54) is 17.4 Å². The lowest BCUT2D eigenvalue weighted by atomic mass is 10.1. The Balaban J connectivity index is 1.72. The summed E-state index contributed by atoms with van der Waals surface area (Å²) in [6, 6.07) is -3.92. The van der Waals surface area contributed by atoms with Crippen molar-refractivity contribution in [2.75, 3.05) is 13.1 Å². The van der Waals surface area contributed by atoms with E-state index in [1.807, 2.05) is 0 Å². The molecule has 0 bridgehead atoms. The first-order valence-electron chi connectivity index (χ1n) is 10.8. The molecule has 3 heterocycles. The molecule has 2 aliphatic rings. The van der Waals surface area contributed by atoms with Crippen molar-refractivity contribution in [1.29, 1.82) is 0 Å². The monoisotopic (exact) mass is 464 g/mol. The molecule has 6 N–H and O–H groups in total. The zero-order chi connectivity index (χ0) is 24.0. The van der Waals surface area contributed by atoms with Gasteiger partial charge in [-0.15, -0.1) is 0 Å². The number of H-pyrrole nitrogens is 1. The highest BCUT2D eigenvalue weighted by Crippen LogP contribution is 2.20. The van der Waals surface area contributed by atoms with E-state index in [0.717, 1.165) is 6.42 Å². The summed E-state index contributed by atoms with van der Waals surface area (Å²) in [7, 11) is 0. The molecule has 4 atom stereocenters. The summed E-state index contributed by atoms with van der Waals surface area (Å²) in [4.78, 5) is 69.2. The minimum atomic E-state index is -1.61. The van der Waals surface area contributed by atoms with Crippen molar-refractivity contribution in [2.24, 2.45) is 0 Å². The van der Waals surface area contributed by atoms with Gasteiger partial charge in [-0.3, -0.25) is 19.2 Å². The lowest BCUT2D eigenvalue weighted by molar-refractivity contribution is -0.148. The largest absolute Gasteiger partial charge is 0.481 e. The normalized spacial score (nSPS) is 21.9. The summed E-state index contributed by atoms with van der Waals surface area (Å²) < 4.78 is 0. The Labute approximate surface area is 189 Å². The molecule has 2 saturated heterocycles.